The van der Waals surface area contributed by atoms with E-state index >= 15 is 0 Å². The molecule has 8 heteroatoms. The Kier molecular flexibility index (Phi) is 10.8. The van der Waals surface area contributed by atoms with E-state index in [-0.39, 0.29) is 30.5 Å². The zero-order chi connectivity index (χ0) is 15.6. The molecule has 0 saturated carbocycles. The molecule has 0 aliphatic carbocycles. The van der Waals surface area contributed by atoms with Gasteiger partial charge in [-0.1, -0.05) is 18.2 Å². The quantitative estimate of drug-likeness (QED) is 0.302. The predicted molar refractivity (Wildman–Crippen MR) is 92.0 cm³/mol. The monoisotopic (exact) mass is 431 g/mol. The van der Waals surface area contributed by atoms with Crippen molar-refractivity contribution < 1.29 is 17.9 Å². The number of halogens is 4. The van der Waals surface area contributed by atoms with Gasteiger partial charge in [0.15, 0.2) is 5.96 Å². The Morgan fingerprint density at radius 1 is 1.18 bits per heavy atom. The van der Waals surface area contributed by atoms with Crippen molar-refractivity contribution in [3.05, 3.63) is 30.3 Å². The first-order valence-corrected chi connectivity index (χ1v) is 6.78. The van der Waals surface area contributed by atoms with Crippen molar-refractivity contribution in [1.82, 2.24) is 10.6 Å². The van der Waals surface area contributed by atoms with Crippen LogP contribution >= 0.6 is 24.0 Å². The van der Waals surface area contributed by atoms with Gasteiger partial charge >= 0.3 is 6.18 Å². The highest BCUT2D eigenvalue weighted by Gasteiger charge is 2.26. The molecule has 0 heterocycles. The van der Waals surface area contributed by atoms with Crippen molar-refractivity contribution in [2.45, 2.75) is 19.5 Å². The minimum atomic E-state index is -4.18. The van der Waals surface area contributed by atoms with Crippen molar-refractivity contribution in [3.8, 4) is 5.75 Å². The van der Waals surface area contributed by atoms with Crippen LogP contribution in [0.5, 0.6) is 5.75 Å². The molecule has 1 rings (SSSR count). The molecule has 0 radical (unpaired) electrons. The molecule has 0 bridgehead atoms. The number of para-hydroxylation sites is 1. The standard InChI is InChI=1S/C14H20F3N3O.HI/c1-2-18-13(19-9-8-14(15,16)17)20-10-11-21-12-6-4-3-5-7-12;/h3-7H,2,8-11H2,1H3,(H2,18,19,20);1H. The molecule has 0 amide bonds. The Bertz CT molecular complexity index is 427. The number of ether oxygens (including phenoxy) is 1. The van der Waals surface area contributed by atoms with Gasteiger partial charge in [0, 0.05) is 6.54 Å². The number of aliphatic imine (C=N–C) groups is 1. The minimum Gasteiger partial charge on any atom is -0.492 e. The van der Waals surface area contributed by atoms with E-state index in [1.807, 2.05) is 37.3 Å². The molecular formula is C14H21F3IN3O. The number of hydrogen-bond donors (Lipinski definition) is 2. The molecule has 0 spiro atoms. The van der Waals surface area contributed by atoms with Crippen LogP contribution in [0.4, 0.5) is 13.2 Å². The van der Waals surface area contributed by atoms with E-state index in [1.54, 1.807) is 0 Å². The molecule has 4 nitrogen and oxygen atoms in total. The van der Waals surface area contributed by atoms with E-state index < -0.39 is 12.6 Å². The molecule has 126 valence electrons. The zero-order valence-electron chi connectivity index (χ0n) is 12.3. The van der Waals surface area contributed by atoms with Gasteiger partial charge in [0.2, 0.25) is 0 Å². The van der Waals surface area contributed by atoms with E-state index in [0.717, 1.165) is 5.75 Å². The first-order valence-electron chi connectivity index (χ1n) is 6.78. The van der Waals surface area contributed by atoms with Crippen molar-refractivity contribution in [1.29, 1.82) is 0 Å². The molecule has 0 fully saturated rings. The molecule has 0 unspecified atom stereocenters. The summed E-state index contributed by atoms with van der Waals surface area (Å²) in [6.07, 6.45) is -5.11. The third-order valence-corrected chi connectivity index (χ3v) is 2.42. The number of guanidine groups is 1. The van der Waals surface area contributed by atoms with Crippen LogP contribution < -0.4 is 15.4 Å². The molecule has 1 aromatic rings. The van der Waals surface area contributed by atoms with Crippen LogP contribution in [0.2, 0.25) is 0 Å². The summed E-state index contributed by atoms with van der Waals surface area (Å²) < 4.78 is 41.6. The SMILES string of the molecule is CCNC(=NCCC(F)(F)F)NCCOc1ccccc1.I. The van der Waals surface area contributed by atoms with Gasteiger partial charge in [-0.05, 0) is 19.1 Å². The average Bonchev–Trinajstić information content (AvgIpc) is 2.43. The topological polar surface area (TPSA) is 45.7 Å². The van der Waals surface area contributed by atoms with Crippen LogP contribution in [-0.2, 0) is 0 Å². The summed E-state index contributed by atoms with van der Waals surface area (Å²) >= 11 is 0. The van der Waals surface area contributed by atoms with Crippen molar-refractivity contribution >= 4 is 29.9 Å². The molecule has 1 aromatic carbocycles. The van der Waals surface area contributed by atoms with Gasteiger partial charge < -0.3 is 15.4 Å². The van der Waals surface area contributed by atoms with E-state index in [4.69, 9.17) is 4.74 Å². The largest absolute Gasteiger partial charge is 0.492 e. The first kappa shape index (κ1) is 20.8. The second-order valence-electron chi connectivity index (χ2n) is 4.21. The molecule has 0 aromatic heterocycles. The van der Waals surface area contributed by atoms with Crippen molar-refractivity contribution in [2.24, 2.45) is 4.99 Å². The van der Waals surface area contributed by atoms with Crippen LogP contribution in [0.3, 0.4) is 0 Å². The fourth-order valence-electron chi connectivity index (χ4n) is 1.49. The first-order chi connectivity index (χ1) is 10.0. The van der Waals surface area contributed by atoms with E-state index in [0.29, 0.717) is 25.7 Å². The highest BCUT2D eigenvalue weighted by Crippen LogP contribution is 2.18. The molecule has 0 aliphatic heterocycles. The third kappa shape index (κ3) is 10.5. The summed E-state index contributed by atoms with van der Waals surface area (Å²) in [6, 6.07) is 9.30. The summed E-state index contributed by atoms with van der Waals surface area (Å²) in [5.41, 5.74) is 0. The maximum absolute atomic E-state index is 12.1. The summed E-state index contributed by atoms with van der Waals surface area (Å²) in [4.78, 5) is 3.86. The number of rotatable bonds is 7. The molecule has 0 aliphatic rings. The summed E-state index contributed by atoms with van der Waals surface area (Å²) in [6.45, 7) is 2.98. The fraction of sp³-hybridized carbons (Fsp3) is 0.500. The van der Waals surface area contributed by atoms with Crippen LogP contribution in [0.25, 0.3) is 0 Å². The van der Waals surface area contributed by atoms with Crippen LogP contribution in [0, 0.1) is 0 Å². The Morgan fingerprint density at radius 3 is 2.45 bits per heavy atom. The summed E-state index contributed by atoms with van der Waals surface area (Å²) in [5.74, 6) is 1.11. The van der Waals surface area contributed by atoms with Crippen LogP contribution in [0.1, 0.15) is 13.3 Å². The number of nitrogens with zero attached hydrogens (tertiary/aromatic N) is 1. The summed E-state index contributed by atoms with van der Waals surface area (Å²) in [7, 11) is 0. The highest BCUT2D eigenvalue weighted by atomic mass is 127. The van der Waals surface area contributed by atoms with E-state index in [2.05, 4.69) is 15.6 Å². The number of nitrogens with one attached hydrogen (secondary N) is 2. The van der Waals surface area contributed by atoms with Crippen LogP contribution in [-0.4, -0.2) is 38.4 Å². The fourth-order valence-corrected chi connectivity index (χ4v) is 1.49. The number of hydrogen-bond acceptors (Lipinski definition) is 2. The third-order valence-electron chi connectivity index (χ3n) is 2.42. The lowest BCUT2D eigenvalue weighted by molar-refractivity contribution is -0.132. The van der Waals surface area contributed by atoms with Crippen molar-refractivity contribution in [3.63, 3.8) is 0 Å². The molecule has 0 atom stereocenters. The predicted octanol–water partition coefficient (Wildman–Crippen LogP) is 3.19. The molecular weight excluding hydrogens is 410 g/mol. The zero-order valence-corrected chi connectivity index (χ0v) is 14.7. The van der Waals surface area contributed by atoms with Gasteiger partial charge in [0.25, 0.3) is 0 Å². The second kappa shape index (κ2) is 11.4. The van der Waals surface area contributed by atoms with Crippen LogP contribution in [0.15, 0.2) is 35.3 Å². The maximum atomic E-state index is 12.1. The van der Waals surface area contributed by atoms with E-state index in [1.165, 1.54) is 0 Å². The molecule has 2 N–H and O–H groups in total. The Labute approximate surface area is 145 Å². The lowest BCUT2D eigenvalue weighted by Crippen LogP contribution is -2.39. The van der Waals surface area contributed by atoms with E-state index in [9.17, 15) is 13.2 Å². The molecule has 22 heavy (non-hydrogen) atoms. The van der Waals surface area contributed by atoms with Gasteiger partial charge in [0.1, 0.15) is 12.4 Å². The maximum Gasteiger partial charge on any atom is 0.390 e. The number of benzene rings is 1. The van der Waals surface area contributed by atoms with Gasteiger partial charge in [-0.25, -0.2) is 0 Å². The Hall–Kier alpha value is -1.19. The van der Waals surface area contributed by atoms with Gasteiger partial charge in [-0.15, -0.1) is 24.0 Å². The van der Waals surface area contributed by atoms with Gasteiger partial charge in [-0.2, -0.15) is 13.2 Å². The smallest absolute Gasteiger partial charge is 0.390 e. The Morgan fingerprint density at radius 2 is 1.86 bits per heavy atom. The van der Waals surface area contributed by atoms with Gasteiger partial charge in [0.05, 0.1) is 19.5 Å². The highest BCUT2D eigenvalue weighted by molar-refractivity contribution is 14.0. The van der Waals surface area contributed by atoms with Gasteiger partial charge in [-0.3, -0.25) is 4.99 Å². The normalized spacial score (nSPS) is 11.5. The number of alkyl halides is 3. The Balaban J connectivity index is 0.00000441. The second-order valence-corrected chi connectivity index (χ2v) is 4.21. The minimum absolute atomic E-state index is 0. The average molecular weight is 431 g/mol. The lowest BCUT2D eigenvalue weighted by Gasteiger charge is -2.12. The lowest BCUT2D eigenvalue weighted by atomic mass is 10.3. The molecule has 0 saturated heterocycles. The summed E-state index contributed by atoms with van der Waals surface area (Å²) in [5, 5.41) is 5.81. The van der Waals surface area contributed by atoms with Crippen molar-refractivity contribution in [2.75, 3.05) is 26.2 Å².